The predicted molar refractivity (Wildman–Crippen MR) is 115 cm³/mol. The minimum absolute atomic E-state index is 0.0704. The number of nitrogens with zero attached hydrogens (tertiary/aromatic N) is 2. The van der Waals surface area contributed by atoms with Crippen LogP contribution in [0.3, 0.4) is 0 Å². The third kappa shape index (κ3) is 6.35. The Bertz CT molecular complexity index is 953. The van der Waals surface area contributed by atoms with E-state index in [-0.39, 0.29) is 18.1 Å². The number of rotatable bonds is 4. The second-order valence-corrected chi connectivity index (χ2v) is 9.55. The van der Waals surface area contributed by atoms with Crippen LogP contribution in [0, 0.1) is 5.82 Å². The maximum absolute atomic E-state index is 13.5. The van der Waals surface area contributed by atoms with Gasteiger partial charge in [0.1, 0.15) is 5.82 Å². The van der Waals surface area contributed by atoms with Crippen LogP contribution in [0.25, 0.3) is 0 Å². The van der Waals surface area contributed by atoms with Gasteiger partial charge in [0.05, 0.1) is 12.3 Å². The summed E-state index contributed by atoms with van der Waals surface area (Å²) in [4.78, 5) is 14.7. The van der Waals surface area contributed by atoms with Crippen LogP contribution in [0.4, 0.5) is 4.39 Å². The third-order valence-electron chi connectivity index (χ3n) is 5.23. The number of carbonyl (C=O) groups is 1. The van der Waals surface area contributed by atoms with Gasteiger partial charge in [0.15, 0.2) is 0 Å². The molecule has 0 aliphatic carbocycles. The smallest absolute Gasteiger partial charge is 0.222 e. The summed E-state index contributed by atoms with van der Waals surface area (Å²) < 4.78 is 40.1. The Balaban J connectivity index is 1.81. The van der Waals surface area contributed by atoms with E-state index in [9.17, 15) is 17.6 Å². The van der Waals surface area contributed by atoms with Crippen LogP contribution in [0.15, 0.2) is 54.6 Å². The van der Waals surface area contributed by atoms with Crippen molar-refractivity contribution in [1.29, 1.82) is 0 Å². The summed E-state index contributed by atoms with van der Waals surface area (Å²) in [6, 6.07) is 15.2. The van der Waals surface area contributed by atoms with Crippen LogP contribution in [0.1, 0.15) is 30.0 Å². The molecule has 162 valence electrons. The number of hydrogen-bond donors (Lipinski definition) is 1. The average Bonchev–Trinajstić information content (AvgIpc) is 2.72. The summed E-state index contributed by atoms with van der Waals surface area (Å²) in [6.45, 7) is 2.55. The second-order valence-electron chi connectivity index (χ2n) is 7.61. The zero-order chi connectivity index (χ0) is 21.6. The monoisotopic (exact) mass is 433 g/mol. The van der Waals surface area contributed by atoms with Crippen molar-refractivity contribution in [2.45, 2.75) is 25.4 Å². The van der Waals surface area contributed by atoms with Crippen molar-refractivity contribution < 1.29 is 17.6 Å². The molecule has 2 aromatic carbocycles. The predicted octanol–water partition coefficient (Wildman–Crippen LogP) is 2.54. The van der Waals surface area contributed by atoms with E-state index in [1.165, 1.54) is 22.7 Å². The molecular weight excluding hydrogens is 405 g/mol. The van der Waals surface area contributed by atoms with Crippen molar-refractivity contribution in [1.82, 2.24) is 14.5 Å². The number of amides is 1. The van der Waals surface area contributed by atoms with Crippen LogP contribution in [0.5, 0.6) is 0 Å². The highest BCUT2D eigenvalue weighted by Gasteiger charge is 2.30. The number of benzene rings is 2. The molecule has 0 radical (unpaired) electrons. The topological polar surface area (TPSA) is 69.7 Å². The van der Waals surface area contributed by atoms with E-state index >= 15 is 0 Å². The van der Waals surface area contributed by atoms with Gasteiger partial charge in [-0.2, -0.15) is 4.31 Å². The molecule has 1 aliphatic rings. The number of nitrogens with one attached hydrogen (secondary N) is 1. The van der Waals surface area contributed by atoms with Gasteiger partial charge >= 0.3 is 0 Å². The van der Waals surface area contributed by atoms with Gasteiger partial charge in [-0.25, -0.2) is 12.8 Å². The molecule has 30 heavy (non-hydrogen) atoms. The molecule has 0 bridgehead atoms. The summed E-state index contributed by atoms with van der Waals surface area (Å²) >= 11 is 0. The van der Waals surface area contributed by atoms with Gasteiger partial charge in [0, 0.05) is 32.6 Å². The lowest BCUT2D eigenvalue weighted by atomic mass is 10.0. The Morgan fingerprint density at radius 3 is 2.53 bits per heavy atom. The fourth-order valence-electron chi connectivity index (χ4n) is 3.83. The van der Waals surface area contributed by atoms with E-state index < -0.39 is 16.1 Å². The first kappa shape index (κ1) is 22.4. The standard InChI is InChI=1S/C22H28FN3O3S/c1-30(28,29)26-13-6-12-25(17-18-7-5-10-20(23)15-18)14-11-24-22(27)16-21(26)19-8-3-2-4-9-19/h2-5,7-10,15,21H,6,11-14,16-17H2,1H3,(H,24,27). The fraction of sp³-hybridized carbons (Fsp3) is 0.409. The first-order valence-corrected chi connectivity index (χ1v) is 11.9. The molecule has 1 heterocycles. The Hall–Kier alpha value is -2.29. The van der Waals surface area contributed by atoms with E-state index in [1.54, 1.807) is 6.07 Å². The fourth-order valence-corrected chi connectivity index (χ4v) is 4.95. The Kier molecular flexibility index (Phi) is 7.58. The molecule has 0 aromatic heterocycles. The maximum Gasteiger partial charge on any atom is 0.222 e. The van der Waals surface area contributed by atoms with Gasteiger partial charge in [0.25, 0.3) is 0 Å². The van der Waals surface area contributed by atoms with Crippen molar-refractivity contribution in [2.24, 2.45) is 0 Å². The highest BCUT2D eigenvalue weighted by Crippen LogP contribution is 2.27. The van der Waals surface area contributed by atoms with E-state index in [4.69, 9.17) is 0 Å². The lowest BCUT2D eigenvalue weighted by Crippen LogP contribution is -2.38. The highest BCUT2D eigenvalue weighted by molar-refractivity contribution is 7.88. The van der Waals surface area contributed by atoms with Crippen LogP contribution >= 0.6 is 0 Å². The zero-order valence-electron chi connectivity index (χ0n) is 17.1. The minimum Gasteiger partial charge on any atom is -0.355 e. The molecular formula is C22H28FN3O3S. The summed E-state index contributed by atoms with van der Waals surface area (Å²) in [5.74, 6) is -0.474. The molecule has 1 amide bonds. The normalized spacial score (nSPS) is 20.3. The number of sulfonamides is 1. The first-order chi connectivity index (χ1) is 14.3. The van der Waals surface area contributed by atoms with Crippen LogP contribution < -0.4 is 5.32 Å². The molecule has 0 saturated carbocycles. The second kappa shape index (κ2) is 10.1. The quantitative estimate of drug-likeness (QED) is 0.805. The van der Waals surface area contributed by atoms with Crippen LogP contribution in [0.2, 0.25) is 0 Å². The van der Waals surface area contributed by atoms with Crippen molar-refractivity contribution in [3.63, 3.8) is 0 Å². The van der Waals surface area contributed by atoms with Crippen molar-refractivity contribution in [3.05, 3.63) is 71.5 Å². The molecule has 1 saturated heterocycles. The SMILES string of the molecule is CS(=O)(=O)N1CCCN(Cc2cccc(F)c2)CCNC(=O)CC1c1ccccc1. The zero-order valence-corrected chi connectivity index (χ0v) is 17.9. The summed E-state index contributed by atoms with van der Waals surface area (Å²) in [6.07, 6.45) is 1.87. The lowest BCUT2D eigenvalue weighted by Gasteiger charge is -2.30. The number of hydrogen-bond acceptors (Lipinski definition) is 4. The lowest BCUT2D eigenvalue weighted by molar-refractivity contribution is -0.122. The van der Waals surface area contributed by atoms with E-state index in [2.05, 4.69) is 10.2 Å². The summed E-state index contributed by atoms with van der Waals surface area (Å²) in [5, 5.41) is 2.90. The Labute approximate surface area is 177 Å². The molecule has 6 nitrogen and oxygen atoms in total. The molecule has 0 spiro atoms. The van der Waals surface area contributed by atoms with Crippen molar-refractivity contribution >= 4 is 15.9 Å². The average molecular weight is 434 g/mol. The van der Waals surface area contributed by atoms with E-state index in [0.717, 1.165) is 11.1 Å². The molecule has 1 N–H and O–H groups in total. The van der Waals surface area contributed by atoms with Gasteiger partial charge in [0.2, 0.25) is 15.9 Å². The molecule has 1 unspecified atom stereocenters. The first-order valence-electron chi connectivity index (χ1n) is 10.1. The van der Waals surface area contributed by atoms with E-state index in [1.807, 2.05) is 36.4 Å². The van der Waals surface area contributed by atoms with Gasteiger partial charge in [-0.05, 0) is 36.2 Å². The molecule has 8 heteroatoms. The summed E-state index contributed by atoms with van der Waals surface area (Å²) in [5.41, 5.74) is 1.65. The van der Waals surface area contributed by atoms with Gasteiger partial charge in [-0.1, -0.05) is 42.5 Å². The van der Waals surface area contributed by atoms with Gasteiger partial charge in [-0.3, -0.25) is 9.69 Å². The molecule has 2 aromatic rings. The molecule has 1 aliphatic heterocycles. The number of carbonyl (C=O) groups excluding carboxylic acids is 1. The Morgan fingerprint density at radius 2 is 1.83 bits per heavy atom. The molecule has 3 rings (SSSR count). The highest BCUT2D eigenvalue weighted by atomic mass is 32.2. The van der Waals surface area contributed by atoms with Crippen molar-refractivity contribution in [3.8, 4) is 0 Å². The number of halogens is 1. The Morgan fingerprint density at radius 1 is 1.07 bits per heavy atom. The summed E-state index contributed by atoms with van der Waals surface area (Å²) in [7, 11) is -3.52. The largest absolute Gasteiger partial charge is 0.355 e. The van der Waals surface area contributed by atoms with Crippen molar-refractivity contribution in [2.75, 3.05) is 32.4 Å². The van der Waals surface area contributed by atoms with Gasteiger partial charge in [-0.15, -0.1) is 0 Å². The minimum atomic E-state index is -3.52. The van der Waals surface area contributed by atoms with Crippen LogP contribution in [-0.2, 0) is 21.4 Å². The third-order valence-corrected chi connectivity index (χ3v) is 6.52. The maximum atomic E-state index is 13.5. The molecule has 1 atom stereocenters. The molecule has 1 fully saturated rings. The van der Waals surface area contributed by atoms with Gasteiger partial charge < -0.3 is 5.32 Å². The van der Waals surface area contributed by atoms with E-state index in [0.29, 0.717) is 39.1 Å². The van der Waals surface area contributed by atoms with Crippen LogP contribution in [-0.4, -0.2) is 56.0 Å².